The summed E-state index contributed by atoms with van der Waals surface area (Å²) in [4.78, 5) is 21.6. The summed E-state index contributed by atoms with van der Waals surface area (Å²) in [6.07, 6.45) is 2.90. The van der Waals surface area contributed by atoms with Gasteiger partial charge in [0.1, 0.15) is 6.07 Å². The molecule has 0 bridgehead atoms. The van der Waals surface area contributed by atoms with Crippen LogP contribution in [-0.4, -0.2) is 55.2 Å². The van der Waals surface area contributed by atoms with E-state index in [1.165, 1.54) is 11.8 Å². The smallest absolute Gasteiger partial charge is 0.266 e. The first kappa shape index (κ1) is 23.1. The minimum Gasteiger partial charge on any atom is -0.459 e. The van der Waals surface area contributed by atoms with Crippen molar-refractivity contribution >= 4 is 11.8 Å². The zero-order chi connectivity index (χ0) is 24.0. The van der Waals surface area contributed by atoms with Gasteiger partial charge in [0.05, 0.1) is 19.5 Å². The van der Waals surface area contributed by atoms with Crippen LogP contribution >= 0.6 is 0 Å². The number of aromatic nitrogens is 1. The lowest BCUT2D eigenvalue weighted by atomic mass is 9.95. The van der Waals surface area contributed by atoms with Crippen molar-refractivity contribution in [2.45, 2.75) is 25.9 Å². The molecule has 9 nitrogen and oxygen atoms in total. The topological polar surface area (TPSA) is 108 Å². The molecule has 0 saturated carbocycles. The van der Waals surface area contributed by atoms with Gasteiger partial charge in [0.15, 0.2) is 5.76 Å². The number of ether oxygens (including phenoxy) is 1. The molecular formula is C26H29N5O4. The zero-order valence-corrected chi connectivity index (χ0v) is 19.6. The Hall–Kier alpha value is -3.61. The second-order valence-electron chi connectivity index (χ2n) is 8.90. The number of hydrogen-bond acceptors (Lipinski definition) is 8. The standard InChI is InChI=1S/C26H29N5O4/c27-16-22-26(35-25(29-22)23-6-3-13-34-23)31-9-7-19(8-10-31)24(32)28-17-20-4-1-2-5-21(20)18-30-11-14-33-15-12-30/h1-6,13,19H,7-12,14-15,17-18H2,(H,28,32). The number of rotatable bonds is 7. The summed E-state index contributed by atoms with van der Waals surface area (Å²) >= 11 is 0. The van der Waals surface area contributed by atoms with Crippen LogP contribution < -0.4 is 10.2 Å². The second-order valence-corrected chi connectivity index (χ2v) is 8.90. The molecule has 0 unspecified atom stereocenters. The molecule has 1 amide bonds. The number of oxazole rings is 1. The molecular weight excluding hydrogens is 446 g/mol. The van der Waals surface area contributed by atoms with Crippen LogP contribution in [0.4, 0.5) is 5.88 Å². The predicted octanol–water partition coefficient (Wildman–Crippen LogP) is 3.17. The Morgan fingerprint density at radius 2 is 1.86 bits per heavy atom. The van der Waals surface area contributed by atoms with Crippen molar-refractivity contribution in [3.05, 3.63) is 59.5 Å². The highest BCUT2D eigenvalue weighted by molar-refractivity contribution is 5.79. The largest absolute Gasteiger partial charge is 0.459 e. The first-order valence-electron chi connectivity index (χ1n) is 12.1. The van der Waals surface area contributed by atoms with E-state index < -0.39 is 0 Å². The molecule has 182 valence electrons. The van der Waals surface area contributed by atoms with Gasteiger partial charge in [-0.3, -0.25) is 9.69 Å². The number of carbonyl (C=O) groups is 1. The van der Waals surface area contributed by atoms with Crippen LogP contribution in [0.25, 0.3) is 11.7 Å². The molecule has 0 aliphatic carbocycles. The summed E-state index contributed by atoms with van der Waals surface area (Å²) < 4.78 is 16.6. The monoisotopic (exact) mass is 475 g/mol. The molecule has 0 radical (unpaired) electrons. The van der Waals surface area contributed by atoms with Gasteiger partial charge in [-0.1, -0.05) is 24.3 Å². The van der Waals surface area contributed by atoms with Crippen molar-refractivity contribution in [1.29, 1.82) is 5.26 Å². The molecule has 5 rings (SSSR count). The van der Waals surface area contributed by atoms with E-state index in [9.17, 15) is 10.1 Å². The van der Waals surface area contributed by atoms with E-state index in [1.807, 2.05) is 17.0 Å². The molecule has 2 saturated heterocycles. The third kappa shape index (κ3) is 5.39. The number of anilines is 1. The maximum atomic E-state index is 12.9. The fourth-order valence-electron chi connectivity index (χ4n) is 4.66. The lowest BCUT2D eigenvalue weighted by molar-refractivity contribution is -0.125. The van der Waals surface area contributed by atoms with Crippen LogP contribution in [0.2, 0.25) is 0 Å². The maximum absolute atomic E-state index is 12.9. The first-order valence-corrected chi connectivity index (χ1v) is 12.1. The highest BCUT2D eigenvalue weighted by Gasteiger charge is 2.29. The fraction of sp³-hybridized carbons (Fsp3) is 0.423. The van der Waals surface area contributed by atoms with Gasteiger partial charge in [0, 0.05) is 45.2 Å². The normalized spacial score (nSPS) is 17.3. The maximum Gasteiger partial charge on any atom is 0.266 e. The molecule has 2 aliphatic heterocycles. The Bertz CT molecular complexity index is 1170. The summed E-state index contributed by atoms with van der Waals surface area (Å²) in [7, 11) is 0. The first-order chi connectivity index (χ1) is 17.2. The van der Waals surface area contributed by atoms with E-state index in [1.54, 1.807) is 12.1 Å². The Kier molecular flexibility index (Phi) is 7.12. The molecule has 1 aromatic carbocycles. The number of furan rings is 1. The van der Waals surface area contributed by atoms with Crippen molar-refractivity contribution in [3.8, 4) is 17.7 Å². The SMILES string of the molecule is N#Cc1nc(-c2ccco2)oc1N1CCC(C(=O)NCc2ccccc2CN2CCOCC2)CC1. The van der Waals surface area contributed by atoms with Gasteiger partial charge in [-0.2, -0.15) is 10.2 Å². The third-order valence-corrected chi connectivity index (χ3v) is 6.67. The van der Waals surface area contributed by atoms with E-state index in [-0.39, 0.29) is 23.4 Å². The minimum absolute atomic E-state index is 0.0696. The van der Waals surface area contributed by atoms with Gasteiger partial charge >= 0.3 is 0 Å². The van der Waals surface area contributed by atoms with Gasteiger partial charge in [0.25, 0.3) is 5.89 Å². The third-order valence-electron chi connectivity index (χ3n) is 6.67. The molecule has 2 aliphatic rings. The Labute approximate surface area is 204 Å². The summed E-state index contributed by atoms with van der Waals surface area (Å²) in [6.45, 7) is 6.03. The molecule has 0 atom stereocenters. The number of nitrogens with one attached hydrogen (secondary N) is 1. The molecule has 2 aromatic heterocycles. The summed E-state index contributed by atoms with van der Waals surface area (Å²) in [5, 5.41) is 12.6. The van der Waals surface area contributed by atoms with E-state index in [4.69, 9.17) is 13.6 Å². The lowest BCUT2D eigenvalue weighted by Crippen LogP contribution is -2.40. The number of morpholine rings is 1. The molecule has 2 fully saturated rings. The van der Waals surface area contributed by atoms with Crippen molar-refractivity contribution in [2.24, 2.45) is 5.92 Å². The van der Waals surface area contributed by atoms with Gasteiger partial charge in [-0.25, -0.2) is 0 Å². The second kappa shape index (κ2) is 10.8. The van der Waals surface area contributed by atoms with Gasteiger partial charge in [0.2, 0.25) is 17.5 Å². The molecule has 0 spiro atoms. The van der Waals surface area contributed by atoms with Crippen molar-refractivity contribution in [3.63, 3.8) is 0 Å². The van der Waals surface area contributed by atoms with Gasteiger partial charge in [-0.05, 0) is 36.1 Å². The van der Waals surface area contributed by atoms with Crippen LogP contribution in [0.3, 0.4) is 0 Å². The van der Waals surface area contributed by atoms with E-state index in [0.29, 0.717) is 44.1 Å². The van der Waals surface area contributed by atoms with E-state index >= 15 is 0 Å². The number of piperidine rings is 1. The van der Waals surface area contributed by atoms with Crippen molar-refractivity contribution in [2.75, 3.05) is 44.3 Å². The minimum atomic E-state index is -0.0735. The number of benzene rings is 1. The van der Waals surface area contributed by atoms with Crippen molar-refractivity contribution in [1.82, 2.24) is 15.2 Å². The van der Waals surface area contributed by atoms with E-state index in [0.717, 1.165) is 38.4 Å². The van der Waals surface area contributed by atoms with Crippen molar-refractivity contribution < 1.29 is 18.4 Å². The summed E-state index contributed by atoms with van der Waals surface area (Å²) in [6, 6.07) is 13.9. The molecule has 3 aromatic rings. The van der Waals surface area contributed by atoms with Crippen LogP contribution in [0.15, 0.2) is 51.5 Å². The van der Waals surface area contributed by atoms with Crippen LogP contribution in [0.5, 0.6) is 0 Å². The number of carbonyl (C=O) groups excluding carboxylic acids is 1. The molecule has 9 heteroatoms. The quantitative estimate of drug-likeness (QED) is 0.555. The number of hydrogen-bond donors (Lipinski definition) is 1. The zero-order valence-electron chi connectivity index (χ0n) is 19.6. The highest BCUT2D eigenvalue weighted by Crippen LogP contribution is 2.31. The highest BCUT2D eigenvalue weighted by atomic mass is 16.5. The van der Waals surface area contributed by atoms with Gasteiger partial charge in [-0.15, -0.1) is 0 Å². The van der Waals surface area contributed by atoms with E-state index in [2.05, 4.69) is 33.4 Å². The van der Waals surface area contributed by atoms with Crippen LogP contribution in [0, 0.1) is 17.2 Å². The molecule has 35 heavy (non-hydrogen) atoms. The Morgan fingerprint density at radius 3 is 2.57 bits per heavy atom. The average molecular weight is 476 g/mol. The van der Waals surface area contributed by atoms with Gasteiger partial charge < -0.3 is 23.8 Å². The molecule has 1 N–H and O–H groups in total. The molecule has 4 heterocycles. The summed E-state index contributed by atoms with van der Waals surface area (Å²) in [5.74, 6) is 1.21. The fourth-order valence-corrected chi connectivity index (χ4v) is 4.66. The number of amides is 1. The average Bonchev–Trinajstić information content (AvgIpc) is 3.59. The summed E-state index contributed by atoms with van der Waals surface area (Å²) in [5.41, 5.74) is 2.62. The number of nitrogens with zero attached hydrogens (tertiary/aromatic N) is 4. The number of nitriles is 1. The van der Waals surface area contributed by atoms with Crippen LogP contribution in [-0.2, 0) is 22.6 Å². The Morgan fingerprint density at radius 1 is 1.09 bits per heavy atom. The predicted molar refractivity (Wildman–Crippen MR) is 128 cm³/mol. The Balaban J connectivity index is 1.16. The lowest BCUT2D eigenvalue weighted by Gasteiger charge is -2.31. The van der Waals surface area contributed by atoms with Crippen LogP contribution in [0.1, 0.15) is 29.7 Å².